The molecule has 0 fully saturated rings. The maximum Gasteiger partial charge on any atom is 0.250 e. The molecule has 0 aliphatic rings. The number of nitrogens with one attached hydrogen (secondary N) is 1. The molecule has 0 bridgehead atoms. The summed E-state index contributed by atoms with van der Waals surface area (Å²) >= 11 is 1.19. The zero-order chi connectivity index (χ0) is 12.0. The van der Waals surface area contributed by atoms with Gasteiger partial charge in [-0.3, -0.25) is 0 Å². The monoisotopic (exact) mass is 258 g/mol. The average Bonchev–Trinajstić information content (AvgIpc) is 2.73. The smallest absolute Gasteiger partial charge is 0.250 e. The molecule has 0 atom stereocenters. The first-order valence-electron chi connectivity index (χ1n) is 4.82. The first-order chi connectivity index (χ1) is 7.60. The van der Waals surface area contributed by atoms with Crippen molar-refractivity contribution in [3.8, 4) is 12.3 Å². The SMILES string of the molecule is C#CCCCNS(=O)(=O)c1ccc(CN)s1. The van der Waals surface area contributed by atoms with Gasteiger partial charge in [-0.25, -0.2) is 13.1 Å². The van der Waals surface area contributed by atoms with Crippen LogP contribution in [0.15, 0.2) is 16.3 Å². The van der Waals surface area contributed by atoms with Crippen LogP contribution in [0.4, 0.5) is 0 Å². The Balaban J connectivity index is 2.60. The van der Waals surface area contributed by atoms with Crippen LogP contribution in [0.2, 0.25) is 0 Å². The molecule has 4 nitrogen and oxygen atoms in total. The molecular formula is C10H14N2O2S2. The lowest BCUT2D eigenvalue weighted by atomic mass is 10.3. The molecular weight excluding hydrogens is 244 g/mol. The molecule has 0 aliphatic heterocycles. The zero-order valence-corrected chi connectivity index (χ0v) is 10.4. The van der Waals surface area contributed by atoms with Gasteiger partial charge in [0.25, 0.3) is 0 Å². The van der Waals surface area contributed by atoms with E-state index in [4.69, 9.17) is 12.2 Å². The molecule has 1 heterocycles. The third-order valence-corrected chi connectivity index (χ3v) is 4.95. The third kappa shape index (κ3) is 3.61. The Morgan fingerprint density at radius 2 is 2.25 bits per heavy atom. The molecule has 16 heavy (non-hydrogen) atoms. The summed E-state index contributed by atoms with van der Waals surface area (Å²) in [6.07, 6.45) is 6.29. The van der Waals surface area contributed by atoms with Gasteiger partial charge in [-0.1, -0.05) is 0 Å². The predicted octanol–water partition coefficient (Wildman–Crippen LogP) is 0.899. The zero-order valence-electron chi connectivity index (χ0n) is 8.77. The topological polar surface area (TPSA) is 72.2 Å². The van der Waals surface area contributed by atoms with E-state index in [2.05, 4.69) is 10.6 Å². The van der Waals surface area contributed by atoms with Crippen molar-refractivity contribution in [3.63, 3.8) is 0 Å². The van der Waals surface area contributed by atoms with E-state index in [-0.39, 0.29) is 0 Å². The Morgan fingerprint density at radius 3 is 2.81 bits per heavy atom. The van der Waals surface area contributed by atoms with Crippen LogP contribution in [0.3, 0.4) is 0 Å². The van der Waals surface area contributed by atoms with Crippen molar-refractivity contribution in [2.24, 2.45) is 5.73 Å². The van der Waals surface area contributed by atoms with Gasteiger partial charge in [0.2, 0.25) is 10.0 Å². The highest BCUT2D eigenvalue weighted by atomic mass is 32.2. The normalized spacial score (nSPS) is 11.2. The molecule has 0 saturated heterocycles. The number of unbranched alkanes of at least 4 members (excludes halogenated alkanes) is 1. The molecule has 1 aromatic heterocycles. The van der Waals surface area contributed by atoms with Gasteiger partial charge in [0.1, 0.15) is 4.21 Å². The van der Waals surface area contributed by atoms with Gasteiger partial charge in [0.05, 0.1) is 0 Å². The van der Waals surface area contributed by atoms with Gasteiger partial charge in [0.15, 0.2) is 0 Å². The Morgan fingerprint density at radius 1 is 1.50 bits per heavy atom. The van der Waals surface area contributed by atoms with Crippen LogP contribution in [-0.4, -0.2) is 15.0 Å². The lowest BCUT2D eigenvalue weighted by Gasteiger charge is -2.02. The second-order valence-electron chi connectivity index (χ2n) is 3.13. The summed E-state index contributed by atoms with van der Waals surface area (Å²) in [5.41, 5.74) is 5.42. The van der Waals surface area contributed by atoms with Crippen molar-refractivity contribution < 1.29 is 8.42 Å². The first kappa shape index (κ1) is 13.2. The molecule has 0 spiro atoms. The molecule has 3 N–H and O–H groups in total. The van der Waals surface area contributed by atoms with Gasteiger partial charge in [-0.05, 0) is 18.6 Å². The molecule has 0 aliphatic carbocycles. The largest absolute Gasteiger partial charge is 0.326 e. The van der Waals surface area contributed by atoms with Crippen molar-refractivity contribution >= 4 is 21.4 Å². The third-order valence-electron chi connectivity index (χ3n) is 1.89. The average molecular weight is 258 g/mol. The second-order valence-corrected chi connectivity index (χ2v) is 6.29. The number of rotatable bonds is 6. The Bertz CT molecular complexity index is 471. The van der Waals surface area contributed by atoms with E-state index in [9.17, 15) is 8.42 Å². The maximum atomic E-state index is 11.7. The molecule has 0 radical (unpaired) electrons. The molecule has 0 aromatic carbocycles. The van der Waals surface area contributed by atoms with Crippen LogP contribution < -0.4 is 10.5 Å². The van der Waals surface area contributed by atoms with Crippen molar-refractivity contribution in [1.82, 2.24) is 4.72 Å². The summed E-state index contributed by atoms with van der Waals surface area (Å²) in [6, 6.07) is 3.29. The fourth-order valence-corrected chi connectivity index (χ4v) is 3.43. The number of nitrogens with two attached hydrogens (primary N) is 1. The van der Waals surface area contributed by atoms with E-state index in [1.165, 1.54) is 11.3 Å². The van der Waals surface area contributed by atoms with Crippen molar-refractivity contribution in [3.05, 3.63) is 17.0 Å². The fourth-order valence-electron chi connectivity index (χ4n) is 1.08. The van der Waals surface area contributed by atoms with E-state index in [1.807, 2.05) is 0 Å². The highest BCUT2D eigenvalue weighted by Gasteiger charge is 2.15. The molecule has 1 aromatic rings. The highest BCUT2D eigenvalue weighted by Crippen LogP contribution is 2.20. The van der Waals surface area contributed by atoms with Crippen LogP contribution in [0.1, 0.15) is 17.7 Å². The van der Waals surface area contributed by atoms with Gasteiger partial charge < -0.3 is 5.73 Å². The predicted molar refractivity (Wildman–Crippen MR) is 65.5 cm³/mol. The first-order valence-corrected chi connectivity index (χ1v) is 7.12. The lowest BCUT2D eigenvalue weighted by Crippen LogP contribution is -2.23. The van der Waals surface area contributed by atoms with Gasteiger partial charge in [-0.15, -0.1) is 23.7 Å². The summed E-state index contributed by atoms with van der Waals surface area (Å²) in [4.78, 5) is 0.851. The van der Waals surface area contributed by atoms with Crippen LogP contribution >= 0.6 is 11.3 Å². The number of thiophene rings is 1. The molecule has 0 unspecified atom stereocenters. The summed E-state index contributed by atoms with van der Waals surface area (Å²) < 4.78 is 26.3. The fraction of sp³-hybridized carbons (Fsp3) is 0.400. The van der Waals surface area contributed by atoms with Crippen molar-refractivity contribution in [2.45, 2.75) is 23.6 Å². The number of terminal acetylenes is 1. The summed E-state index contributed by atoms with van der Waals surface area (Å²) in [6.45, 7) is 0.722. The van der Waals surface area contributed by atoms with Crippen molar-refractivity contribution in [1.29, 1.82) is 0 Å². The standard InChI is InChI=1S/C10H14N2O2S2/c1-2-3-4-7-12-16(13,14)10-6-5-9(8-11)15-10/h1,5-6,12H,3-4,7-8,11H2. The number of hydrogen-bond donors (Lipinski definition) is 2. The number of sulfonamides is 1. The summed E-state index contributed by atoms with van der Waals surface area (Å²) in [5, 5.41) is 0. The maximum absolute atomic E-state index is 11.7. The van der Waals surface area contributed by atoms with E-state index in [1.54, 1.807) is 12.1 Å². The minimum absolute atomic E-state index is 0.300. The van der Waals surface area contributed by atoms with E-state index in [0.29, 0.717) is 30.1 Å². The van der Waals surface area contributed by atoms with Crippen LogP contribution in [0.5, 0.6) is 0 Å². The Hall–Kier alpha value is -0.870. The summed E-state index contributed by atoms with van der Waals surface area (Å²) in [5.74, 6) is 2.46. The van der Waals surface area contributed by atoms with Crippen LogP contribution in [0.25, 0.3) is 0 Å². The Labute approximate surface area is 99.9 Å². The molecule has 0 amide bonds. The number of hydrogen-bond acceptors (Lipinski definition) is 4. The van der Waals surface area contributed by atoms with Crippen molar-refractivity contribution in [2.75, 3.05) is 6.54 Å². The molecule has 6 heteroatoms. The van der Waals surface area contributed by atoms with E-state index < -0.39 is 10.0 Å². The quantitative estimate of drug-likeness (QED) is 0.588. The van der Waals surface area contributed by atoms with Gasteiger partial charge in [0, 0.05) is 24.4 Å². The lowest BCUT2D eigenvalue weighted by molar-refractivity contribution is 0.582. The Kier molecular flexibility index (Phi) is 4.96. The second kappa shape index (κ2) is 6.01. The summed E-state index contributed by atoms with van der Waals surface area (Å²) in [7, 11) is -3.39. The van der Waals surface area contributed by atoms with Gasteiger partial charge >= 0.3 is 0 Å². The molecule has 1 rings (SSSR count). The van der Waals surface area contributed by atoms with Gasteiger partial charge in [-0.2, -0.15) is 0 Å². The van der Waals surface area contributed by atoms with E-state index in [0.717, 1.165) is 4.88 Å². The highest BCUT2D eigenvalue weighted by molar-refractivity contribution is 7.91. The van der Waals surface area contributed by atoms with E-state index >= 15 is 0 Å². The minimum atomic E-state index is -3.39. The molecule has 88 valence electrons. The minimum Gasteiger partial charge on any atom is -0.326 e. The molecule has 0 saturated carbocycles. The van der Waals surface area contributed by atoms with Crippen LogP contribution in [-0.2, 0) is 16.6 Å². The van der Waals surface area contributed by atoms with Crippen LogP contribution in [0, 0.1) is 12.3 Å².